The van der Waals surface area contributed by atoms with E-state index in [1.807, 2.05) is 11.8 Å². The predicted octanol–water partition coefficient (Wildman–Crippen LogP) is 5.02. The summed E-state index contributed by atoms with van der Waals surface area (Å²) in [6, 6.07) is 0. The molecule has 1 N–H and O–H groups in total. The van der Waals surface area contributed by atoms with Gasteiger partial charge in [-0.25, -0.2) is 9.97 Å². The van der Waals surface area contributed by atoms with Crippen molar-refractivity contribution in [1.29, 1.82) is 0 Å². The Morgan fingerprint density at radius 3 is 2.67 bits per heavy atom. The summed E-state index contributed by atoms with van der Waals surface area (Å²) in [7, 11) is 0. The molecule has 21 heavy (non-hydrogen) atoms. The SMILES string of the molecule is CCNc1nc(CSCCC(C)C)nc2sc(C)c(C)c12. The van der Waals surface area contributed by atoms with Crippen molar-refractivity contribution in [3.8, 4) is 0 Å². The van der Waals surface area contributed by atoms with Crippen LogP contribution < -0.4 is 5.32 Å². The van der Waals surface area contributed by atoms with Crippen LogP contribution in [-0.4, -0.2) is 22.3 Å². The number of rotatable bonds is 7. The maximum absolute atomic E-state index is 4.76. The van der Waals surface area contributed by atoms with E-state index in [0.29, 0.717) is 0 Å². The molecule has 0 aliphatic rings. The minimum atomic E-state index is 0.765. The standard InChI is InChI=1S/C16H25N3S2/c1-6-17-15-14-11(4)12(5)21-16(14)19-13(18-15)9-20-8-7-10(2)3/h10H,6-9H2,1-5H3,(H,17,18,19). The molecular weight excluding hydrogens is 298 g/mol. The van der Waals surface area contributed by atoms with Crippen LogP contribution >= 0.6 is 23.1 Å². The van der Waals surface area contributed by atoms with Gasteiger partial charge in [-0.15, -0.1) is 11.3 Å². The molecule has 0 aliphatic carbocycles. The van der Waals surface area contributed by atoms with Crippen molar-refractivity contribution in [2.45, 2.75) is 46.8 Å². The quantitative estimate of drug-likeness (QED) is 0.726. The van der Waals surface area contributed by atoms with E-state index in [1.54, 1.807) is 11.3 Å². The Hall–Kier alpha value is -0.810. The number of hydrogen-bond donors (Lipinski definition) is 1. The first-order chi connectivity index (χ1) is 10.0. The zero-order valence-electron chi connectivity index (χ0n) is 13.6. The van der Waals surface area contributed by atoms with E-state index in [0.717, 1.165) is 34.7 Å². The second kappa shape index (κ2) is 7.45. The van der Waals surface area contributed by atoms with Crippen molar-refractivity contribution in [3.05, 3.63) is 16.3 Å². The van der Waals surface area contributed by atoms with Crippen molar-refractivity contribution < 1.29 is 0 Å². The number of aryl methyl sites for hydroxylation is 2. The zero-order chi connectivity index (χ0) is 15.4. The van der Waals surface area contributed by atoms with Gasteiger partial charge in [-0.1, -0.05) is 13.8 Å². The number of fused-ring (bicyclic) bond motifs is 1. The van der Waals surface area contributed by atoms with Gasteiger partial charge < -0.3 is 5.32 Å². The molecule has 116 valence electrons. The fourth-order valence-electron chi connectivity index (χ4n) is 2.14. The molecule has 0 saturated carbocycles. The second-order valence-electron chi connectivity index (χ2n) is 5.72. The average Bonchev–Trinajstić information content (AvgIpc) is 2.70. The number of hydrogen-bond acceptors (Lipinski definition) is 5. The fraction of sp³-hybridized carbons (Fsp3) is 0.625. The van der Waals surface area contributed by atoms with E-state index >= 15 is 0 Å². The van der Waals surface area contributed by atoms with Gasteiger partial charge in [0.1, 0.15) is 16.5 Å². The van der Waals surface area contributed by atoms with Crippen LogP contribution in [0.15, 0.2) is 0 Å². The van der Waals surface area contributed by atoms with Gasteiger partial charge in [-0.3, -0.25) is 0 Å². The summed E-state index contributed by atoms with van der Waals surface area (Å²) in [6.45, 7) is 11.9. The average molecular weight is 324 g/mol. The summed E-state index contributed by atoms with van der Waals surface area (Å²) in [5.74, 6) is 4.80. The molecule has 0 unspecified atom stereocenters. The van der Waals surface area contributed by atoms with Crippen molar-refractivity contribution in [1.82, 2.24) is 9.97 Å². The van der Waals surface area contributed by atoms with Crippen LogP contribution in [0.3, 0.4) is 0 Å². The van der Waals surface area contributed by atoms with Crippen LogP contribution in [0.4, 0.5) is 5.82 Å². The Morgan fingerprint density at radius 1 is 1.24 bits per heavy atom. The summed E-state index contributed by atoms with van der Waals surface area (Å²) < 4.78 is 0. The molecule has 0 saturated heterocycles. The normalized spacial score (nSPS) is 11.5. The molecule has 0 fully saturated rings. The molecule has 2 aromatic heterocycles. The lowest BCUT2D eigenvalue weighted by Crippen LogP contribution is -2.04. The summed E-state index contributed by atoms with van der Waals surface area (Å²) >= 11 is 3.71. The van der Waals surface area contributed by atoms with Gasteiger partial charge in [-0.2, -0.15) is 11.8 Å². The van der Waals surface area contributed by atoms with Gasteiger partial charge in [0, 0.05) is 11.4 Å². The van der Waals surface area contributed by atoms with Crippen molar-refractivity contribution in [2.75, 3.05) is 17.6 Å². The smallest absolute Gasteiger partial charge is 0.142 e. The van der Waals surface area contributed by atoms with Crippen LogP contribution in [0, 0.1) is 19.8 Å². The topological polar surface area (TPSA) is 37.8 Å². The summed E-state index contributed by atoms with van der Waals surface area (Å²) in [6.07, 6.45) is 1.25. The molecule has 0 atom stereocenters. The minimum Gasteiger partial charge on any atom is -0.370 e. The maximum atomic E-state index is 4.76. The van der Waals surface area contributed by atoms with Crippen molar-refractivity contribution in [2.24, 2.45) is 5.92 Å². The van der Waals surface area contributed by atoms with Crippen LogP contribution in [-0.2, 0) is 5.75 Å². The summed E-state index contributed by atoms with van der Waals surface area (Å²) in [4.78, 5) is 12.0. The van der Waals surface area contributed by atoms with Gasteiger partial charge in [-0.05, 0) is 44.4 Å². The first-order valence-electron chi connectivity index (χ1n) is 7.61. The molecule has 2 rings (SSSR count). The van der Waals surface area contributed by atoms with Gasteiger partial charge >= 0.3 is 0 Å². The molecule has 0 amide bonds. The molecule has 3 nitrogen and oxygen atoms in total. The van der Waals surface area contributed by atoms with E-state index in [4.69, 9.17) is 9.97 Å². The number of thioether (sulfide) groups is 1. The molecule has 0 aromatic carbocycles. The minimum absolute atomic E-state index is 0.765. The monoisotopic (exact) mass is 323 g/mol. The third kappa shape index (κ3) is 4.10. The third-order valence-corrected chi connectivity index (χ3v) is 5.58. The van der Waals surface area contributed by atoms with Crippen LogP contribution in [0.1, 0.15) is 43.5 Å². The predicted molar refractivity (Wildman–Crippen MR) is 96.7 cm³/mol. The molecule has 0 bridgehead atoms. The van der Waals surface area contributed by atoms with E-state index in [1.165, 1.54) is 28.0 Å². The van der Waals surface area contributed by atoms with Gasteiger partial charge in [0.25, 0.3) is 0 Å². The first kappa shape index (κ1) is 16.6. The number of anilines is 1. The first-order valence-corrected chi connectivity index (χ1v) is 9.58. The number of thiophene rings is 1. The zero-order valence-corrected chi connectivity index (χ0v) is 15.2. The van der Waals surface area contributed by atoms with Gasteiger partial charge in [0.2, 0.25) is 0 Å². The third-order valence-electron chi connectivity index (χ3n) is 3.49. The Balaban J connectivity index is 2.21. The highest BCUT2D eigenvalue weighted by Crippen LogP contribution is 2.33. The largest absolute Gasteiger partial charge is 0.370 e. The Morgan fingerprint density at radius 2 is 2.00 bits per heavy atom. The summed E-state index contributed by atoms with van der Waals surface area (Å²) in [5, 5.41) is 4.60. The lowest BCUT2D eigenvalue weighted by molar-refractivity contribution is 0.632. The molecule has 0 aliphatic heterocycles. The Kier molecular flexibility index (Phi) is 5.88. The molecule has 2 heterocycles. The molecule has 5 heteroatoms. The van der Waals surface area contributed by atoms with Crippen molar-refractivity contribution in [3.63, 3.8) is 0 Å². The van der Waals surface area contributed by atoms with E-state index < -0.39 is 0 Å². The molecule has 0 radical (unpaired) electrons. The van der Waals surface area contributed by atoms with Gasteiger partial charge in [0.05, 0.1) is 11.1 Å². The lowest BCUT2D eigenvalue weighted by Gasteiger charge is -2.08. The maximum Gasteiger partial charge on any atom is 0.142 e. The highest BCUT2D eigenvalue weighted by molar-refractivity contribution is 7.98. The number of nitrogens with zero attached hydrogens (tertiary/aromatic N) is 2. The fourth-order valence-corrected chi connectivity index (χ4v) is 4.28. The lowest BCUT2D eigenvalue weighted by atomic mass is 10.2. The molecular formula is C16H25N3S2. The molecule has 2 aromatic rings. The highest BCUT2D eigenvalue weighted by Gasteiger charge is 2.14. The van der Waals surface area contributed by atoms with Crippen LogP contribution in [0.2, 0.25) is 0 Å². The van der Waals surface area contributed by atoms with E-state index in [2.05, 4.69) is 39.9 Å². The van der Waals surface area contributed by atoms with Gasteiger partial charge in [0.15, 0.2) is 0 Å². The Bertz CT molecular complexity index is 605. The second-order valence-corrected chi connectivity index (χ2v) is 8.03. The van der Waals surface area contributed by atoms with Crippen LogP contribution in [0.25, 0.3) is 10.2 Å². The Labute approximate surface area is 136 Å². The highest BCUT2D eigenvalue weighted by atomic mass is 32.2. The van der Waals surface area contributed by atoms with Crippen molar-refractivity contribution >= 4 is 39.1 Å². The number of nitrogens with one attached hydrogen (secondary N) is 1. The van der Waals surface area contributed by atoms with E-state index in [9.17, 15) is 0 Å². The number of aromatic nitrogens is 2. The molecule has 0 spiro atoms. The summed E-state index contributed by atoms with van der Waals surface area (Å²) in [5.41, 5.74) is 1.31. The van der Waals surface area contributed by atoms with E-state index in [-0.39, 0.29) is 0 Å². The van der Waals surface area contributed by atoms with Crippen LogP contribution in [0.5, 0.6) is 0 Å².